The number of imide groups is 1. The monoisotopic (exact) mass is 312 g/mol. The van der Waals surface area contributed by atoms with Crippen LogP contribution in [0.5, 0.6) is 0 Å². The number of carbonyl (C=O) groups is 3. The largest absolute Gasteiger partial charge is 0.333 e. The normalized spacial score (nSPS) is 18.0. The summed E-state index contributed by atoms with van der Waals surface area (Å²) in [5.74, 6) is -0.685. The topological polar surface area (TPSA) is 57.7 Å². The fourth-order valence-electron chi connectivity index (χ4n) is 3.12. The first-order valence-corrected chi connectivity index (χ1v) is 7.91. The summed E-state index contributed by atoms with van der Waals surface area (Å²) in [6, 6.07) is 6.02. The fraction of sp³-hybridized carbons (Fsp3) is 0.389. The van der Waals surface area contributed by atoms with Gasteiger partial charge in [-0.1, -0.05) is 38.1 Å². The Morgan fingerprint density at radius 3 is 2.04 bits per heavy atom. The van der Waals surface area contributed by atoms with Crippen molar-refractivity contribution in [2.75, 3.05) is 13.1 Å². The summed E-state index contributed by atoms with van der Waals surface area (Å²) < 4.78 is 0. The average Bonchev–Trinajstić information content (AvgIpc) is 3.14. The van der Waals surface area contributed by atoms with Crippen molar-refractivity contribution in [3.8, 4) is 0 Å². The number of benzene rings is 1. The summed E-state index contributed by atoms with van der Waals surface area (Å²) in [5.41, 5.74) is 0.775. The quantitative estimate of drug-likeness (QED) is 0.632. The van der Waals surface area contributed by atoms with Crippen LogP contribution >= 0.6 is 0 Å². The minimum Gasteiger partial charge on any atom is -0.333 e. The third-order valence-electron chi connectivity index (χ3n) is 4.25. The van der Waals surface area contributed by atoms with E-state index < -0.39 is 6.04 Å². The molecule has 0 radical (unpaired) electrons. The van der Waals surface area contributed by atoms with Crippen LogP contribution in [0, 0.1) is 5.92 Å². The van der Waals surface area contributed by atoms with E-state index in [0.717, 1.165) is 4.90 Å². The fourth-order valence-corrected chi connectivity index (χ4v) is 3.12. The lowest BCUT2D eigenvalue weighted by atomic mass is 10.0. The summed E-state index contributed by atoms with van der Waals surface area (Å²) in [6.07, 6.45) is 4.32. The maximum absolute atomic E-state index is 12.9. The first-order valence-electron chi connectivity index (χ1n) is 7.91. The first-order chi connectivity index (χ1) is 11.0. The Kier molecular flexibility index (Phi) is 4.03. The van der Waals surface area contributed by atoms with Crippen molar-refractivity contribution in [3.63, 3.8) is 0 Å². The van der Waals surface area contributed by atoms with Gasteiger partial charge in [0.25, 0.3) is 11.8 Å². The van der Waals surface area contributed by atoms with E-state index in [9.17, 15) is 14.4 Å². The molecular weight excluding hydrogens is 292 g/mol. The lowest BCUT2D eigenvalue weighted by Crippen LogP contribution is -2.51. The van der Waals surface area contributed by atoms with Crippen LogP contribution in [-0.2, 0) is 4.79 Å². The predicted molar refractivity (Wildman–Crippen MR) is 85.9 cm³/mol. The molecule has 3 amide bonds. The van der Waals surface area contributed by atoms with Gasteiger partial charge in [0.05, 0.1) is 11.1 Å². The number of fused-ring (bicyclic) bond motifs is 1. The Bertz CT molecular complexity index is 650. The molecule has 0 spiro atoms. The highest BCUT2D eigenvalue weighted by Crippen LogP contribution is 2.28. The van der Waals surface area contributed by atoms with Crippen LogP contribution in [0.4, 0.5) is 0 Å². The SMILES string of the molecule is CC(C)C[C@@H](C(=O)N1CC=CC1)N1C(=O)c2ccccc2C1=O. The number of rotatable bonds is 4. The second kappa shape index (κ2) is 5.99. The van der Waals surface area contributed by atoms with Crippen LogP contribution in [0.25, 0.3) is 0 Å². The molecule has 23 heavy (non-hydrogen) atoms. The minimum atomic E-state index is -0.734. The Balaban J connectivity index is 1.93. The van der Waals surface area contributed by atoms with Gasteiger partial charge in [-0.05, 0) is 24.5 Å². The molecule has 1 aromatic rings. The molecule has 5 nitrogen and oxygen atoms in total. The average molecular weight is 312 g/mol. The van der Waals surface area contributed by atoms with Gasteiger partial charge in [-0.25, -0.2) is 0 Å². The van der Waals surface area contributed by atoms with Gasteiger partial charge in [-0.3, -0.25) is 19.3 Å². The van der Waals surface area contributed by atoms with E-state index in [1.807, 2.05) is 26.0 Å². The molecule has 5 heteroatoms. The van der Waals surface area contributed by atoms with E-state index in [0.29, 0.717) is 30.6 Å². The van der Waals surface area contributed by atoms with Gasteiger partial charge in [-0.15, -0.1) is 0 Å². The van der Waals surface area contributed by atoms with Crippen molar-refractivity contribution >= 4 is 17.7 Å². The van der Waals surface area contributed by atoms with Crippen molar-refractivity contribution in [2.45, 2.75) is 26.3 Å². The third-order valence-corrected chi connectivity index (χ3v) is 4.25. The number of hydrogen-bond donors (Lipinski definition) is 0. The van der Waals surface area contributed by atoms with E-state index in [2.05, 4.69) is 0 Å². The highest BCUT2D eigenvalue weighted by atomic mass is 16.2. The van der Waals surface area contributed by atoms with Crippen molar-refractivity contribution in [2.24, 2.45) is 5.92 Å². The van der Waals surface area contributed by atoms with Crippen LogP contribution in [-0.4, -0.2) is 46.7 Å². The molecule has 2 aliphatic rings. The molecule has 0 saturated carbocycles. The van der Waals surface area contributed by atoms with Crippen molar-refractivity contribution in [1.82, 2.24) is 9.80 Å². The van der Waals surface area contributed by atoms with Crippen LogP contribution in [0.15, 0.2) is 36.4 Å². The predicted octanol–water partition coefficient (Wildman–Crippen LogP) is 2.10. The zero-order valence-electron chi connectivity index (χ0n) is 13.4. The number of hydrogen-bond acceptors (Lipinski definition) is 3. The van der Waals surface area contributed by atoms with E-state index in [4.69, 9.17) is 0 Å². The minimum absolute atomic E-state index is 0.154. The van der Waals surface area contributed by atoms with Gasteiger partial charge in [0.1, 0.15) is 6.04 Å². The van der Waals surface area contributed by atoms with Gasteiger partial charge in [-0.2, -0.15) is 0 Å². The molecule has 0 saturated heterocycles. The van der Waals surface area contributed by atoms with E-state index in [1.165, 1.54) is 0 Å². The second-order valence-corrected chi connectivity index (χ2v) is 6.39. The summed E-state index contributed by atoms with van der Waals surface area (Å²) in [7, 11) is 0. The molecule has 120 valence electrons. The molecule has 0 N–H and O–H groups in total. The highest BCUT2D eigenvalue weighted by molar-refractivity contribution is 6.22. The molecule has 1 atom stereocenters. The molecule has 0 aromatic heterocycles. The Morgan fingerprint density at radius 2 is 1.57 bits per heavy atom. The van der Waals surface area contributed by atoms with Crippen LogP contribution in [0.2, 0.25) is 0 Å². The van der Waals surface area contributed by atoms with Crippen molar-refractivity contribution in [3.05, 3.63) is 47.5 Å². The zero-order valence-corrected chi connectivity index (χ0v) is 13.4. The van der Waals surface area contributed by atoms with E-state index >= 15 is 0 Å². The summed E-state index contributed by atoms with van der Waals surface area (Å²) in [4.78, 5) is 41.0. The highest BCUT2D eigenvalue weighted by Gasteiger charge is 2.43. The van der Waals surface area contributed by atoms with Crippen LogP contribution in [0.3, 0.4) is 0 Å². The maximum Gasteiger partial charge on any atom is 0.262 e. The van der Waals surface area contributed by atoms with Gasteiger partial charge >= 0.3 is 0 Å². The number of nitrogens with zero attached hydrogens (tertiary/aromatic N) is 2. The van der Waals surface area contributed by atoms with Crippen LogP contribution in [0.1, 0.15) is 41.0 Å². The Morgan fingerprint density at radius 1 is 1.04 bits per heavy atom. The van der Waals surface area contributed by atoms with Gasteiger partial charge < -0.3 is 4.90 Å². The Hall–Kier alpha value is -2.43. The first kappa shape index (κ1) is 15.5. The molecule has 0 bridgehead atoms. The smallest absolute Gasteiger partial charge is 0.262 e. The van der Waals surface area contributed by atoms with Crippen molar-refractivity contribution < 1.29 is 14.4 Å². The molecule has 2 aliphatic heterocycles. The third kappa shape index (κ3) is 2.67. The van der Waals surface area contributed by atoms with E-state index in [1.54, 1.807) is 29.2 Å². The number of carbonyl (C=O) groups excluding carboxylic acids is 3. The van der Waals surface area contributed by atoms with Crippen LogP contribution < -0.4 is 0 Å². The van der Waals surface area contributed by atoms with E-state index in [-0.39, 0.29) is 23.6 Å². The molecule has 3 rings (SSSR count). The molecule has 2 heterocycles. The lowest BCUT2D eigenvalue weighted by molar-refractivity contribution is -0.134. The zero-order chi connectivity index (χ0) is 16.6. The van der Waals surface area contributed by atoms with Gasteiger partial charge in [0, 0.05) is 13.1 Å². The maximum atomic E-state index is 12.9. The van der Waals surface area contributed by atoms with Gasteiger partial charge in [0.2, 0.25) is 5.91 Å². The molecule has 0 unspecified atom stereocenters. The molecule has 0 aliphatic carbocycles. The van der Waals surface area contributed by atoms with Gasteiger partial charge in [0.15, 0.2) is 0 Å². The van der Waals surface area contributed by atoms with Crippen molar-refractivity contribution in [1.29, 1.82) is 0 Å². The standard InChI is InChI=1S/C18H20N2O3/c1-12(2)11-15(18(23)19-9-5-6-10-19)20-16(21)13-7-3-4-8-14(13)17(20)22/h3-8,12,15H,9-11H2,1-2H3/t15-/m0/s1. The lowest BCUT2D eigenvalue weighted by Gasteiger charge is -2.30. The molecule has 1 aromatic carbocycles. The summed E-state index contributed by atoms with van der Waals surface area (Å²) in [6.45, 7) is 5.05. The number of amides is 3. The Labute approximate surface area is 135 Å². The summed E-state index contributed by atoms with van der Waals surface area (Å²) >= 11 is 0. The molecular formula is C18H20N2O3. The summed E-state index contributed by atoms with van der Waals surface area (Å²) in [5, 5.41) is 0. The second-order valence-electron chi connectivity index (χ2n) is 6.39. The molecule has 0 fully saturated rings.